The lowest BCUT2D eigenvalue weighted by Gasteiger charge is -2.09. The largest absolute Gasteiger partial charge is 0.416 e. The van der Waals surface area contributed by atoms with Crippen LogP contribution in [0.5, 0.6) is 0 Å². The summed E-state index contributed by atoms with van der Waals surface area (Å²) in [6.07, 6.45) is -4.20. The number of nitrogens with two attached hydrogens (primary N) is 1. The fraction of sp³-hybridized carbons (Fsp3) is 0.429. The zero-order chi connectivity index (χ0) is 15.6. The second-order valence-corrected chi connectivity index (χ2v) is 5.19. The third kappa shape index (κ3) is 3.81. The highest BCUT2D eigenvalue weighted by molar-refractivity contribution is 5.27. The molecule has 0 bridgehead atoms. The van der Waals surface area contributed by atoms with E-state index in [1.807, 2.05) is 13.8 Å². The highest BCUT2D eigenvalue weighted by Gasteiger charge is 2.30. The molecule has 0 radical (unpaired) electrons. The molecule has 0 unspecified atom stereocenters. The maximum Gasteiger partial charge on any atom is 0.416 e. The Balaban J connectivity index is 2.16. The van der Waals surface area contributed by atoms with E-state index in [-0.39, 0.29) is 18.4 Å². The molecule has 1 aromatic carbocycles. The molecule has 0 aliphatic carbocycles. The van der Waals surface area contributed by atoms with Crippen LogP contribution in [0, 0.1) is 5.92 Å². The summed E-state index contributed by atoms with van der Waals surface area (Å²) in [7, 11) is 0. The predicted octanol–water partition coefficient (Wildman–Crippen LogP) is 3.34. The fourth-order valence-corrected chi connectivity index (χ4v) is 1.80. The van der Waals surface area contributed by atoms with Gasteiger partial charge in [0.05, 0.1) is 11.6 Å². The van der Waals surface area contributed by atoms with Gasteiger partial charge in [-0.1, -0.05) is 37.2 Å². The predicted molar refractivity (Wildman–Crippen MR) is 70.3 cm³/mol. The molecule has 21 heavy (non-hydrogen) atoms. The molecular weight excluding hydrogens is 283 g/mol. The third-order valence-corrected chi connectivity index (χ3v) is 3.10. The summed E-state index contributed by atoms with van der Waals surface area (Å²) in [5, 5.41) is 3.76. The molecule has 114 valence electrons. The Morgan fingerprint density at radius 1 is 1.29 bits per heavy atom. The summed E-state index contributed by atoms with van der Waals surface area (Å²) in [5.41, 5.74) is 5.66. The number of halogens is 3. The molecular formula is C14H16F3N3O. The average molecular weight is 299 g/mol. The van der Waals surface area contributed by atoms with Crippen LogP contribution in [0.1, 0.15) is 42.7 Å². The molecule has 1 aromatic heterocycles. The monoisotopic (exact) mass is 299 g/mol. The number of benzene rings is 1. The molecule has 2 rings (SSSR count). The van der Waals surface area contributed by atoms with Crippen LogP contribution < -0.4 is 5.73 Å². The van der Waals surface area contributed by atoms with Crippen LogP contribution in [-0.4, -0.2) is 10.1 Å². The van der Waals surface area contributed by atoms with Crippen molar-refractivity contribution in [2.45, 2.75) is 32.5 Å². The Hall–Kier alpha value is -1.89. The van der Waals surface area contributed by atoms with E-state index >= 15 is 0 Å². The van der Waals surface area contributed by atoms with Gasteiger partial charge in [-0.15, -0.1) is 0 Å². The number of alkyl halides is 3. The second kappa shape index (κ2) is 5.85. The molecule has 0 saturated heterocycles. The minimum Gasteiger partial charge on any atom is -0.338 e. The molecule has 0 aliphatic heterocycles. The van der Waals surface area contributed by atoms with Crippen molar-refractivity contribution in [2.24, 2.45) is 11.7 Å². The minimum atomic E-state index is -4.36. The zero-order valence-electron chi connectivity index (χ0n) is 11.7. The topological polar surface area (TPSA) is 64.9 Å². The lowest BCUT2D eigenvalue weighted by Crippen LogP contribution is -2.17. The summed E-state index contributed by atoms with van der Waals surface area (Å²) < 4.78 is 43.0. The van der Waals surface area contributed by atoms with Crippen molar-refractivity contribution in [3.8, 4) is 0 Å². The van der Waals surface area contributed by atoms with E-state index in [1.165, 1.54) is 6.07 Å². The van der Waals surface area contributed by atoms with Gasteiger partial charge >= 0.3 is 6.18 Å². The van der Waals surface area contributed by atoms with E-state index in [1.54, 1.807) is 6.07 Å². The molecule has 0 aliphatic rings. The van der Waals surface area contributed by atoms with Gasteiger partial charge in [-0.05, 0) is 17.5 Å². The Labute approximate surface area is 120 Å². The molecule has 0 fully saturated rings. The standard InChI is InChI=1S/C14H16F3N3O/c1-8(2)12(18)13-19-11(20-21-13)7-9-4-3-5-10(6-9)14(15,16)17/h3-6,8,12H,7,18H2,1-2H3/t12-/m1/s1. The Kier molecular flexibility index (Phi) is 4.32. The summed E-state index contributed by atoms with van der Waals surface area (Å²) in [5.74, 6) is 0.749. The van der Waals surface area contributed by atoms with Crippen molar-refractivity contribution in [1.29, 1.82) is 0 Å². The zero-order valence-corrected chi connectivity index (χ0v) is 11.7. The summed E-state index contributed by atoms with van der Waals surface area (Å²) in [6, 6.07) is 4.68. The number of hydrogen-bond donors (Lipinski definition) is 1. The van der Waals surface area contributed by atoms with Gasteiger partial charge in [-0.3, -0.25) is 0 Å². The SMILES string of the molecule is CC(C)[C@@H](N)c1nc(Cc2cccc(C(F)(F)F)c2)no1. The van der Waals surface area contributed by atoms with Crippen molar-refractivity contribution < 1.29 is 17.7 Å². The van der Waals surface area contributed by atoms with Gasteiger partial charge in [-0.25, -0.2) is 0 Å². The third-order valence-electron chi connectivity index (χ3n) is 3.10. The van der Waals surface area contributed by atoms with Gasteiger partial charge in [0, 0.05) is 6.42 Å². The average Bonchev–Trinajstić information content (AvgIpc) is 2.85. The van der Waals surface area contributed by atoms with Crippen molar-refractivity contribution in [3.05, 3.63) is 47.1 Å². The van der Waals surface area contributed by atoms with Crippen LogP contribution in [0.3, 0.4) is 0 Å². The number of aromatic nitrogens is 2. The Bertz CT molecular complexity index is 608. The number of hydrogen-bond acceptors (Lipinski definition) is 4. The number of nitrogens with zero attached hydrogens (tertiary/aromatic N) is 2. The Morgan fingerprint density at radius 2 is 2.00 bits per heavy atom. The van der Waals surface area contributed by atoms with E-state index in [9.17, 15) is 13.2 Å². The molecule has 0 spiro atoms. The van der Waals surface area contributed by atoms with Crippen molar-refractivity contribution >= 4 is 0 Å². The second-order valence-electron chi connectivity index (χ2n) is 5.19. The fourth-order valence-electron chi connectivity index (χ4n) is 1.80. The quantitative estimate of drug-likeness (QED) is 0.940. The van der Waals surface area contributed by atoms with Gasteiger partial charge in [0.1, 0.15) is 0 Å². The smallest absolute Gasteiger partial charge is 0.338 e. The van der Waals surface area contributed by atoms with Gasteiger partial charge in [-0.2, -0.15) is 18.2 Å². The highest BCUT2D eigenvalue weighted by atomic mass is 19.4. The van der Waals surface area contributed by atoms with Gasteiger partial charge in [0.25, 0.3) is 0 Å². The van der Waals surface area contributed by atoms with Crippen LogP contribution in [0.15, 0.2) is 28.8 Å². The molecule has 4 nitrogen and oxygen atoms in total. The molecule has 2 aromatic rings. The van der Waals surface area contributed by atoms with Gasteiger partial charge in [0.2, 0.25) is 5.89 Å². The Morgan fingerprint density at radius 3 is 2.62 bits per heavy atom. The molecule has 1 atom stereocenters. The first-order valence-corrected chi connectivity index (χ1v) is 6.51. The maximum absolute atomic E-state index is 12.6. The highest BCUT2D eigenvalue weighted by Crippen LogP contribution is 2.29. The normalized spacial score (nSPS) is 13.7. The first kappa shape index (κ1) is 15.5. The lowest BCUT2D eigenvalue weighted by molar-refractivity contribution is -0.137. The molecule has 7 heteroatoms. The van der Waals surface area contributed by atoms with Crippen LogP contribution in [0.4, 0.5) is 13.2 Å². The molecule has 0 saturated carbocycles. The van der Waals surface area contributed by atoms with Crippen LogP contribution in [0.25, 0.3) is 0 Å². The van der Waals surface area contributed by atoms with E-state index in [0.29, 0.717) is 17.3 Å². The van der Waals surface area contributed by atoms with Gasteiger partial charge in [0.15, 0.2) is 5.82 Å². The number of rotatable bonds is 4. The van der Waals surface area contributed by atoms with Crippen molar-refractivity contribution in [3.63, 3.8) is 0 Å². The van der Waals surface area contributed by atoms with E-state index in [4.69, 9.17) is 10.3 Å². The summed E-state index contributed by atoms with van der Waals surface area (Å²) >= 11 is 0. The maximum atomic E-state index is 12.6. The van der Waals surface area contributed by atoms with E-state index in [2.05, 4.69) is 10.1 Å². The molecule has 0 amide bonds. The van der Waals surface area contributed by atoms with Crippen molar-refractivity contribution in [2.75, 3.05) is 0 Å². The first-order valence-electron chi connectivity index (χ1n) is 6.51. The molecule has 2 N–H and O–H groups in total. The van der Waals surface area contributed by atoms with Crippen LogP contribution in [0.2, 0.25) is 0 Å². The summed E-state index contributed by atoms with van der Waals surface area (Å²) in [4.78, 5) is 4.13. The summed E-state index contributed by atoms with van der Waals surface area (Å²) in [6.45, 7) is 3.84. The van der Waals surface area contributed by atoms with Crippen LogP contribution in [-0.2, 0) is 12.6 Å². The molecule has 1 heterocycles. The van der Waals surface area contributed by atoms with E-state index in [0.717, 1.165) is 12.1 Å². The van der Waals surface area contributed by atoms with E-state index < -0.39 is 11.7 Å². The van der Waals surface area contributed by atoms with Crippen LogP contribution >= 0.6 is 0 Å². The first-order chi connectivity index (χ1) is 9.77. The van der Waals surface area contributed by atoms with Gasteiger partial charge < -0.3 is 10.3 Å². The van der Waals surface area contributed by atoms with Crippen molar-refractivity contribution in [1.82, 2.24) is 10.1 Å². The minimum absolute atomic E-state index is 0.131. The lowest BCUT2D eigenvalue weighted by atomic mass is 10.1.